The molecule has 8 nitrogen and oxygen atoms in total. The van der Waals surface area contributed by atoms with Crippen LogP contribution in [0, 0.1) is 6.92 Å². The SMILES string of the molecule is Cc1cccc(NC(=O)NCCc2ncn[nH]2)c1C(=O)O. The van der Waals surface area contributed by atoms with E-state index in [1.54, 1.807) is 25.1 Å². The molecule has 0 atom stereocenters. The number of benzene rings is 1. The second-order valence-corrected chi connectivity index (χ2v) is 4.37. The normalized spacial score (nSPS) is 10.1. The van der Waals surface area contributed by atoms with Crippen LogP contribution in [0.2, 0.25) is 0 Å². The summed E-state index contributed by atoms with van der Waals surface area (Å²) in [5.74, 6) is -0.415. The molecule has 1 aromatic carbocycles. The zero-order valence-corrected chi connectivity index (χ0v) is 11.4. The number of nitrogens with zero attached hydrogens (tertiary/aromatic N) is 2. The average molecular weight is 289 g/mol. The lowest BCUT2D eigenvalue weighted by Gasteiger charge is -2.11. The maximum absolute atomic E-state index is 11.8. The Bertz CT molecular complexity index is 639. The number of carbonyl (C=O) groups is 2. The van der Waals surface area contributed by atoms with Gasteiger partial charge < -0.3 is 15.7 Å². The number of aromatic amines is 1. The monoisotopic (exact) mass is 289 g/mol. The van der Waals surface area contributed by atoms with Gasteiger partial charge in [0.15, 0.2) is 0 Å². The van der Waals surface area contributed by atoms with E-state index in [0.29, 0.717) is 24.4 Å². The topological polar surface area (TPSA) is 120 Å². The van der Waals surface area contributed by atoms with Crippen LogP contribution in [0.4, 0.5) is 10.5 Å². The van der Waals surface area contributed by atoms with Crippen LogP contribution < -0.4 is 10.6 Å². The van der Waals surface area contributed by atoms with E-state index in [-0.39, 0.29) is 11.3 Å². The third-order valence-corrected chi connectivity index (χ3v) is 2.85. The minimum atomic E-state index is -1.08. The van der Waals surface area contributed by atoms with Crippen molar-refractivity contribution >= 4 is 17.7 Å². The first-order valence-corrected chi connectivity index (χ1v) is 6.30. The number of aromatic nitrogens is 3. The quantitative estimate of drug-likeness (QED) is 0.658. The molecule has 0 saturated heterocycles. The van der Waals surface area contributed by atoms with Crippen molar-refractivity contribution in [1.82, 2.24) is 20.5 Å². The van der Waals surface area contributed by atoms with E-state index in [9.17, 15) is 9.59 Å². The Morgan fingerprint density at radius 2 is 2.19 bits per heavy atom. The largest absolute Gasteiger partial charge is 0.478 e. The van der Waals surface area contributed by atoms with E-state index in [0.717, 1.165) is 0 Å². The highest BCUT2D eigenvalue weighted by atomic mass is 16.4. The molecule has 21 heavy (non-hydrogen) atoms. The number of carbonyl (C=O) groups excluding carboxylic acids is 1. The molecule has 2 aromatic rings. The van der Waals surface area contributed by atoms with E-state index in [4.69, 9.17) is 5.11 Å². The third kappa shape index (κ3) is 3.78. The summed E-state index contributed by atoms with van der Waals surface area (Å²) >= 11 is 0. The number of anilines is 1. The summed E-state index contributed by atoms with van der Waals surface area (Å²) in [6.07, 6.45) is 1.90. The van der Waals surface area contributed by atoms with Crippen molar-refractivity contribution in [3.05, 3.63) is 41.5 Å². The number of aryl methyl sites for hydroxylation is 1. The van der Waals surface area contributed by atoms with Crippen LogP contribution in [-0.4, -0.2) is 38.8 Å². The summed E-state index contributed by atoms with van der Waals surface area (Å²) in [5, 5.41) is 20.7. The van der Waals surface area contributed by atoms with Crippen LogP contribution in [0.1, 0.15) is 21.7 Å². The first-order valence-electron chi connectivity index (χ1n) is 6.30. The maximum atomic E-state index is 11.8. The molecular weight excluding hydrogens is 274 g/mol. The fourth-order valence-electron chi connectivity index (χ4n) is 1.87. The Labute approximate surface area is 120 Å². The number of hydrogen-bond acceptors (Lipinski definition) is 4. The zero-order chi connectivity index (χ0) is 15.2. The Kier molecular flexibility index (Phi) is 4.50. The molecule has 0 radical (unpaired) electrons. The minimum absolute atomic E-state index is 0.0860. The van der Waals surface area contributed by atoms with Crippen molar-refractivity contribution in [3.63, 3.8) is 0 Å². The first-order chi connectivity index (χ1) is 10.1. The highest BCUT2D eigenvalue weighted by Crippen LogP contribution is 2.19. The van der Waals surface area contributed by atoms with Gasteiger partial charge >= 0.3 is 12.0 Å². The van der Waals surface area contributed by atoms with Crippen LogP contribution in [0.25, 0.3) is 0 Å². The molecule has 4 N–H and O–H groups in total. The zero-order valence-electron chi connectivity index (χ0n) is 11.4. The maximum Gasteiger partial charge on any atom is 0.338 e. The van der Waals surface area contributed by atoms with E-state index in [2.05, 4.69) is 25.8 Å². The van der Waals surface area contributed by atoms with Gasteiger partial charge in [0.05, 0.1) is 11.3 Å². The molecule has 2 amide bonds. The second-order valence-electron chi connectivity index (χ2n) is 4.37. The van der Waals surface area contributed by atoms with Gasteiger partial charge in [0.1, 0.15) is 12.2 Å². The Morgan fingerprint density at radius 1 is 1.38 bits per heavy atom. The molecular formula is C13H15N5O3. The fraction of sp³-hybridized carbons (Fsp3) is 0.231. The van der Waals surface area contributed by atoms with Gasteiger partial charge in [0.25, 0.3) is 0 Å². The molecule has 8 heteroatoms. The molecule has 110 valence electrons. The van der Waals surface area contributed by atoms with Crippen LogP contribution in [0.3, 0.4) is 0 Å². The lowest BCUT2D eigenvalue weighted by molar-refractivity contribution is 0.0697. The van der Waals surface area contributed by atoms with Crippen LogP contribution in [0.15, 0.2) is 24.5 Å². The molecule has 0 aliphatic rings. The molecule has 0 unspecified atom stereocenters. The van der Waals surface area contributed by atoms with Gasteiger partial charge in [-0.25, -0.2) is 14.6 Å². The average Bonchev–Trinajstić information content (AvgIpc) is 2.91. The number of amides is 2. The Balaban J connectivity index is 1.93. The predicted molar refractivity (Wildman–Crippen MR) is 75.2 cm³/mol. The lowest BCUT2D eigenvalue weighted by Crippen LogP contribution is -2.31. The van der Waals surface area contributed by atoms with Crippen molar-refractivity contribution in [1.29, 1.82) is 0 Å². The highest BCUT2D eigenvalue weighted by molar-refractivity contribution is 6.01. The number of carboxylic acids is 1. The summed E-state index contributed by atoms with van der Waals surface area (Å²) < 4.78 is 0. The number of H-pyrrole nitrogens is 1. The van der Waals surface area contributed by atoms with Crippen molar-refractivity contribution in [3.8, 4) is 0 Å². The van der Waals surface area contributed by atoms with Gasteiger partial charge in [-0.1, -0.05) is 12.1 Å². The Hall–Kier alpha value is -2.90. The first kappa shape index (κ1) is 14.5. The van der Waals surface area contributed by atoms with Gasteiger partial charge in [-0.2, -0.15) is 5.10 Å². The predicted octanol–water partition coefficient (Wildman–Crippen LogP) is 1.18. The number of rotatable bonds is 5. The molecule has 0 saturated carbocycles. The number of aromatic carboxylic acids is 1. The van der Waals surface area contributed by atoms with E-state index in [1.807, 2.05) is 0 Å². The lowest BCUT2D eigenvalue weighted by atomic mass is 10.1. The van der Waals surface area contributed by atoms with E-state index < -0.39 is 12.0 Å². The Morgan fingerprint density at radius 3 is 2.86 bits per heavy atom. The fourth-order valence-corrected chi connectivity index (χ4v) is 1.87. The van der Waals surface area contributed by atoms with E-state index >= 15 is 0 Å². The molecule has 0 spiro atoms. The molecule has 0 aliphatic carbocycles. The number of urea groups is 1. The van der Waals surface area contributed by atoms with Gasteiger partial charge in [0, 0.05) is 13.0 Å². The second kappa shape index (κ2) is 6.51. The summed E-state index contributed by atoms with van der Waals surface area (Å²) in [6.45, 7) is 2.03. The molecule has 2 rings (SSSR count). The summed E-state index contributed by atoms with van der Waals surface area (Å²) in [4.78, 5) is 26.9. The molecule has 0 aliphatic heterocycles. The highest BCUT2D eigenvalue weighted by Gasteiger charge is 2.14. The summed E-state index contributed by atoms with van der Waals surface area (Å²) in [6, 6.07) is 4.44. The standard InChI is InChI=1S/C13H15N5O3/c1-8-3-2-4-9(11(8)12(19)20)17-13(21)14-6-5-10-15-7-16-18-10/h2-4,7H,5-6H2,1H3,(H,19,20)(H2,14,17,21)(H,15,16,18). The summed E-state index contributed by atoms with van der Waals surface area (Å²) in [5.41, 5.74) is 0.935. The van der Waals surface area contributed by atoms with Crippen molar-refractivity contribution in [2.24, 2.45) is 0 Å². The van der Waals surface area contributed by atoms with Crippen LogP contribution in [0.5, 0.6) is 0 Å². The summed E-state index contributed by atoms with van der Waals surface area (Å²) in [7, 11) is 0. The van der Waals surface area contributed by atoms with Crippen molar-refractivity contribution in [2.45, 2.75) is 13.3 Å². The van der Waals surface area contributed by atoms with Gasteiger partial charge in [-0.15, -0.1) is 0 Å². The van der Waals surface area contributed by atoms with Crippen LogP contribution >= 0.6 is 0 Å². The van der Waals surface area contributed by atoms with Crippen molar-refractivity contribution in [2.75, 3.05) is 11.9 Å². The smallest absolute Gasteiger partial charge is 0.338 e. The van der Waals surface area contributed by atoms with Crippen molar-refractivity contribution < 1.29 is 14.7 Å². The number of carboxylic acid groups (broad SMARTS) is 1. The number of hydrogen-bond donors (Lipinski definition) is 4. The third-order valence-electron chi connectivity index (χ3n) is 2.85. The molecule has 1 heterocycles. The number of nitrogens with one attached hydrogen (secondary N) is 3. The van der Waals surface area contributed by atoms with Gasteiger partial charge in [0.2, 0.25) is 0 Å². The van der Waals surface area contributed by atoms with E-state index in [1.165, 1.54) is 6.33 Å². The molecule has 0 fully saturated rings. The molecule has 1 aromatic heterocycles. The molecule has 0 bridgehead atoms. The van der Waals surface area contributed by atoms with Crippen LogP contribution in [-0.2, 0) is 6.42 Å². The van der Waals surface area contributed by atoms with Gasteiger partial charge in [-0.05, 0) is 18.6 Å². The minimum Gasteiger partial charge on any atom is -0.478 e. The van der Waals surface area contributed by atoms with Gasteiger partial charge in [-0.3, -0.25) is 5.10 Å².